The van der Waals surface area contributed by atoms with Crippen LogP contribution in [-0.2, 0) is 0 Å². The molecule has 0 radical (unpaired) electrons. The van der Waals surface area contributed by atoms with Crippen LogP contribution in [0.1, 0.15) is 22.3 Å². The zero-order chi connectivity index (χ0) is 13.1. The van der Waals surface area contributed by atoms with Gasteiger partial charge in [-0.2, -0.15) is 0 Å². The molecule has 0 N–H and O–H groups in total. The summed E-state index contributed by atoms with van der Waals surface area (Å²) in [6.45, 7) is 8.36. The lowest BCUT2D eigenvalue weighted by molar-refractivity contribution is 0.411. The van der Waals surface area contributed by atoms with Gasteiger partial charge in [0.15, 0.2) is 0 Å². The standard InChI is InChI=1S/C17H18O/c1-12-10-16(11-17(18-4)13(12)2)14(3)15-8-6-5-7-9-15/h5-11H,3H2,1-2,4H3. The number of methoxy groups -OCH3 is 1. The molecular weight excluding hydrogens is 220 g/mol. The Kier molecular flexibility index (Phi) is 3.52. The third-order valence-electron chi connectivity index (χ3n) is 3.31. The topological polar surface area (TPSA) is 9.23 Å². The quantitative estimate of drug-likeness (QED) is 0.771. The smallest absolute Gasteiger partial charge is 0.122 e. The molecule has 92 valence electrons. The molecule has 18 heavy (non-hydrogen) atoms. The summed E-state index contributed by atoms with van der Waals surface area (Å²) in [5.74, 6) is 0.919. The average molecular weight is 238 g/mol. The highest BCUT2D eigenvalue weighted by Crippen LogP contribution is 2.29. The first-order valence-electron chi connectivity index (χ1n) is 6.03. The predicted octanol–water partition coefficient (Wildman–Crippen LogP) is 4.37. The molecule has 0 saturated heterocycles. The molecule has 1 heteroatoms. The van der Waals surface area contributed by atoms with Crippen LogP contribution >= 0.6 is 0 Å². The van der Waals surface area contributed by atoms with Crippen molar-refractivity contribution in [1.29, 1.82) is 0 Å². The maximum atomic E-state index is 5.41. The van der Waals surface area contributed by atoms with E-state index in [1.54, 1.807) is 7.11 Å². The second kappa shape index (κ2) is 5.09. The molecule has 0 fully saturated rings. The Morgan fingerprint density at radius 3 is 2.28 bits per heavy atom. The SMILES string of the molecule is C=C(c1ccccc1)c1cc(C)c(C)c(OC)c1. The van der Waals surface area contributed by atoms with Crippen molar-refractivity contribution in [1.82, 2.24) is 0 Å². The van der Waals surface area contributed by atoms with E-state index in [4.69, 9.17) is 4.74 Å². The first-order valence-corrected chi connectivity index (χ1v) is 6.03. The molecular formula is C17H18O. The predicted molar refractivity (Wildman–Crippen MR) is 77.0 cm³/mol. The van der Waals surface area contributed by atoms with E-state index in [0.717, 1.165) is 22.4 Å². The van der Waals surface area contributed by atoms with Gasteiger partial charge in [-0.25, -0.2) is 0 Å². The Morgan fingerprint density at radius 1 is 1.00 bits per heavy atom. The van der Waals surface area contributed by atoms with E-state index in [0.29, 0.717) is 0 Å². The van der Waals surface area contributed by atoms with Crippen molar-refractivity contribution in [2.45, 2.75) is 13.8 Å². The lowest BCUT2D eigenvalue weighted by Gasteiger charge is -2.13. The molecule has 0 spiro atoms. The molecule has 0 unspecified atom stereocenters. The van der Waals surface area contributed by atoms with Crippen LogP contribution in [0.2, 0.25) is 0 Å². The molecule has 0 saturated carbocycles. The normalized spacial score (nSPS) is 10.2. The summed E-state index contributed by atoms with van der Waals surface area (Å²) in [6.07, 6.45) is 0. The van der Waals surface area contributed by atoms with Gasteiger partial charge in [-0.05, 0) is 47.7 Å². The first-order chi connectivity index (χ1) is 8.63. The van der Waals surface area contributed by atoms with Crippen molar-refractivity contribution >= 4 is 5.57 Å². The van der Waals surface area contributed by atoms with Crippen molar-refractivity contribution in [3.05, 3.63) is 71.3 Å². The molecule has 0 aliphatic carbocycles. The lowest BCUT2D eigenvalue weighted by Crippen LogP contribution is -1.94. The van der Waals surface area contributed by atoms with E-state index in [1.807, 2.05) is 18.2 Å². The van der Waals surface area contributed by atoms with E-state index in [9.17, 15) is 0 Å². The molecule has 1 nitrogen and oxygen atoms in total. The van der Waals surface area contributed by atoms with Gasteiger partial charge in [-0.3, -0.25) is 0 Å². The minimum atomic E-state index is 0.919. The Balaban J connectivity index is 2.46. The van der Waals surface area contributed by atoms with Crippen molar-refractivity contribution in [3.8, 4) is 5.75 Å². The molecule has 2 rings (SSSR count). The van der Waals surface area contributed by atoms with E-state index in [-0.39, 0.29) is 0 Å². The van der Waals surface area contributed by atoms with E-state index < -0.39 is 0 Å². The van der Waals surface area contributed by atoms with Gasteiger partial charge >= 0.3 is 0 Å². The van der Waals surface area contributed by atoms with Gasteiger partial charge in [-0.1, -0.05) is 43.0 Å². The number of ether oxygens (including phenoxy) is 1. The highest BCUT2D eigenvalue weighted by molar-refractivity contribution is 5.79. The zero-order valence-electron chi connectivity index (χ0n) is 11.2. The van der Waals surface area contributed by atoms with Crippen LogP contribution in [0, 0.1) is 13.8 Å². The third-order valence-corrected chi connectivity index (χ3v) is 3.31. The fourth-order valence-corrected chi connectivity index (χ4v) is 2.02. The molecule has 0 aliphatic heterocycles. The van der Waals surface area contributed by atoms with Gasteiger partial charge in [0, 0.05) is 0 Å². The van der Waals surface area contributed by atoms with Crippen LogP contribution in [0.3, 0.4) is 0 Å². The second-order valence-corrected chi connectivity index (χ2v) is 4.46. The fraction of sp³-hybridized carbons (Fsp3) is 0.176. The summed E-state index contributed by atoms with van der Waals surface area (Å²) in [5, 5.41) is 0. The number of hydrogen-bond donors (Lipinski definition) is 0. The largest absolute Gasteiger partial charge is 0.496 e. The van der Waals surface area contributed by atoms with Crippen molar-refractivity contribution < 1.29 is 4.74 Å². The maximum absolute atomic E-state index is 5.41. The molecule has 0 aromatic heterocycles. The number of rotatable bonds is 3. The Bertz CT molecular complexity index is 568. The minimum Gasteiger partial charge on any atom is -0.496 e. The first kappa shape index (κ1) is 12.4. The summed E-state index contributed by atoms with van der Waals surface area (Å²) in [6, 6.07) is 14.4. The molecule has 0 heterocycles. The van der Waals surface area contributed by atoms with E-state index in [1.165, 1.54) is 11.1 Å². The van der Waals surface area contributed by atoms with Gasteiger partial charge in [0.2, 0.25) is 0 Å². The monoisotopic (exact) mass is 238 g/mol. The Hall–Kier alpha value is -2.02. The minimum absolute atomic E-state index is 0.919. The van der Waals surface area contributed by atoms with Crippen LogP contribution < -0.4 is 4.74 Å². The van der Waals surface area contributed by atoms with Gasteiger partial charge < -0.3 is 4.74 Å². The molecule has 0 aliphatic rings. The fourth-order valence-electron chi connectivity index (χ4n) is 2.02. The van der Waals surface area contributed by atoms with Crippen molar-refractivity contribution in [2.24, 2.45) is 0 Å². The summed E-state index contributed by atoms with van der Waals surface area (Å²) in [5.41, 5.74) is 5.68. The summed E-state index contributed by atoms with van der Waals surface area (Å²) >= 11 is 0. The maximum Gasteiger partial charge on any atom is 0.122 e. The molecule has 0 atom stereocenters. The van der Waals surface area contributed by atoms with Crippen LogP contribution in [0.4, 0.5) is 0 Å². The Labute approximate surface area is 109 Å². The Morgan fingerprint density at radius 2 is 1.67 bits per heavy atom. The van der Waals surface area contributed by atoms with E-state index >= 15 is 0 Å². The van der Waals surface area contributed by atoms with Crippen molar-refractivity contribution in [3.63, 3.8) is 0 Å². The summed E-state index contributed by atoms with van der Waals surface area (Å²) in [7, 11) is 1.71. The number of aryl methyl sites for hydroxylation is 1. The molecule has 2 aromatic carbocycles. The van der Waals surface area contributed by atoms with Crippen molar-refractivity contribution in [2.75, 3.05) is 7.11 Å². The third kappa shape index (κ3) is 2.30. The van der Waals surface area contributed by atoms with Crippen LogP contribution in [0.15, 0.2) is 49.0 Å². The van der Waals surface area contributed by atoms with Gasteiger partial charge in [0.05, 0.1) is 7.11 Å². The molecule has 2 aromatic rings. The van der Waals surface area contributed by atoms with E-state index in [2.05, 4.69) is 44.7 Å². The number of hydrogen-bond acceptors (Lipinski definition) is 1. The number of benzene rings is 2. The van der Waals surface area contributed by atoms with Crippen LogP contribution in [0.25, 0.3) is 5.57 Å². The van der Waals surface area contributed by atoms with Crippen LogP contribution in [0.5, 0.6) is 5.75 Å². The van der Waals surface area contributed by atoms with Gasteiger partial charge in [0.25, 0.3) is 0 Å². The summed E-state index contributed by atoms with van der Waals surface area (Å²) in [4.78, 5) is 0. The highest BCUT2D eigenvalue weighted by atomic mass is 16.5. The average Bonchev–Trinajstić information content (AvgIpc) is 2.42. The molecule has 0 bridgehead atoms. The van der Waals surface area contributed by atoms with Gasteiger partial charge in [-0.15, -0.1) is 0 Å². The zero-order valence-corrected chi connectivity index (χ0v) is 11.2. The van der Waals surface area contributed by atoms with Gasteiger partial charge in [0.1, 0.15) is 5.75 Å². The lowest BCUT2D eigenvalue weighted by atomic mass is 9.96. The molecule has 0 amide bonds. The summed E-state index contributed by atoms with van der Waals surface area (Å²) < 4.78 is 5.41. The highest BCUT2D eigenvalue weighted by Gasteiger charge is 2.08. The second-order valence-electron chi connectivity index (χ2n) is 4.46. The van der Waals surface area contributed by atoms with Crippen LogP contribution in [-0.4, -0.2) is 7.11 Å².